The van der Waals surface area contributed by atoms with Crippen molar-refractivity contribution in [2.75, 3.05) is 0 Å². The van der Waals surface area contributed by atoms with Crippen molar-refractivity contribution in [1.82, 2.24) is 13.7 Å². The van der Waals surface area contributed by atoms with Crippen LogP contribution in [0.15, 0.2) is 36.9 Å². The number of aromatic nitrogens is 3. The number of benzene rings is 1. The number of nitrogens with zero attached hydrogens (tertiary/aromatic N) is 3. The molecule has 15 heavy (non-hydrogen) atoms. The Labute approximate surface area is 92.7 Å². The SMILES string of the molecule is O=C([AsH]n1cncn1)c1ccccc1O. The van der Waals surface area contributed by atoms with Crippen molar-refractivity contribution in [3.05, 3.63) is 42.5 Å². The van der Waals surface area contributed by atoms with Crippen molar-refractivity contribution in [3.8, 4) is 5.75 Å². The van der Waals surface area contributed by atoms with Crippen molar-refractivity contribution >= 4 is 20.5 Å². The van der Waals surface area contributed by atoms with Crippen molar-refractivity contribution in [1.29, 1.82) is 0 Å². The van der Waals surface area contributed by atoms with Gasteiger partial charge in [-0.1, -0.05) is 0 Å². The fraction of sp³-hybridized carbons (Fsp3) is 0. The number of phenolic OH excluding ortho intramolecular Hbond substituents is 1. The number of para-hydroxylation sites is 1. The summed E-state index contributed by atoms with van der Waals surface area (Å²) in [6.07, 6.45) is 2.90. The van der Waals surface area contributed by atoms with Gasteiger partial charge in [-0.05, 0) is 0 Å². The van der Waals surface area contributed by atoms with E-state index in [1.54, 1.807) is 18.2 Å². The standard InChI is InChI=1S/C9H8AsN3O2/c14-8-4-2-1-3-7(8)9(15)10-13-6-11-5-12-13/h1-6,10,14H. The van der Waals surface area contributed by atoms with Gasteiger partial charge in [-0.2, -0.15) is 0 Å². The summed E-state index contributed by atoms with van der Waals surface area (Å²) in [5, 5.41) is 13.3. The van der Waals surface area contributed by atoms with Crippen LogP contribution in [0.1, 0.15) is 10.4 Å². The minimum absolute atomic E-state index is 0.0198. The Morgan fingerprint density at radius 1 is 1.40 bits per heavy atom. The summed E-state index contributed by atoms with van der Waals surface area (Å²) >= 11 is -1.09. The van der Waals surface area contributed by atoms with E-state index >= 15 is 0 Å². The van der Waals surface area contributed by atoms with Gasteiger partial charge in [0.2, 0.25) is 0 Å². The number of phenols is 1. The summed E-state index contributed by atoms with van der Waals surface area (Å²) < 4.78 is 1.47. The zero-order valence-electron chi connectivity index (χ0n) is 7.66. The van der Waals surface area contributed by atoms with Crippen LogP contribution in [0.5, 0.6) is 5.75 Å². The Morgan fingerprint density at radius 3 is 2.87 bits per heavy atom. The van der Waals surface area contributed by atoms with Gasteiger partial charge in [-0.25, -0.2) is 0 Å². The number of rotatable bonds is 3. The molecular formula is C9H8AsN3O2. The van der Waals surface area contributed by atoms with Gasteiger partial charge < -0.3 is 0 Å². The monoisotopic (exact) mass is 265 g/mol. The van der Waals surface area contributed by atoms with E-state index in [-0.39, 0.29) is 10.3 Å². The van der Waals surface area contributed by atoms with Gasteiger partial charge in [0.05, 0.1) is 0 Å². The van der Waals surface area contributed by atoms with Crippen molar-refractivity contribution < 1.29 is 9.90 Å². The van der Waals surface area contributed by atoms with Crippen LogP contribution in [0.4, 0.5) is 0 Å². The maximum atomic E-state index is 11.7. The van der Waals surface area contributed by atoms with E-state index in [4.69, 9.17) is 0 Å². The second-order valence-electron chi connectivity index (χ2n) is 2.80. The summed E-state index contributed by atoms with van der Waals surface area (Å²) in [6, 6.07) is 6.51. The van der Waals surface area contributed by atoms with Gasteiger partial charge in [0.15, 0.2) is 0 Å². The van der Waals surface area contributed by atoms with E-state index in [0.29, 0.717) is 5.56 Å². The molecule has 5 nitrogen and oxygen atoms in total. The molecule has 1 aromatic heterocycles. The second-order valence-corrected chi connectivity index (χ2v) is 5.18. The third-order valence-electron chi connectivity index (χ3n) is 1.78. The number of hydrogen-bond acceptors (Lipinski definition) is 4. The first-order chi connectivity index (χ1) is 7.27. The Morgan fingerprint density at radius 2 is 2.20 bits per heavy atom. The third kappa shape index (κ3) is 2.25. The van der Waals surface area contributed by atoms with Crippen molar-refractivity contribution in [2.24, 2.45) is 0 Å². The van der Waals surface area contributed by atoms with E-state index in [1.807, 2.05) is 0 Å². The van der Waals surface area contributed by atoms with E-state index in [0.717, 1.165) is 0 Å². The number of carbonyl (C=O) groups excluding carboxylic acids is 1. The van der Waals surface area contributed by atoms with Gasteiger partial charge >= 0.3 is 92.4 Å². The molecule has 0 aliphatic rings. The molecule has 2 aromatic rings. The fourth-order valence-electron chi connectivity index (χ4n) is 1.10. The second kappa shape index (κ2) is 4.27. The molecule has 76 valence electrons. The summed E-state index contributed by atoms with van der Waals surface area (Å²) in [5.74, 6) is 0.0198. The maximum absolute atomic E-state index is 11.7. The van der Waals surface area contributed by atoms with E-state index in [2.05, 4.69) is 10.1 Å². The fourth-order valence-corrected chi connectivity index (χ4v) is 2.72. The normalized spacial score (nSPS) is 10.9. The number of hydrogen-bond donors (Lipinski definition) is 1. The van der Waals surface area contributed by atoms with E-state index < -0.39 is 16.0 Å². The van der Waals surface area contributed by atoms with Gasteiger partial charge in [-0.3, -0.25) is 0 Å². The topological polar surface area (TPSA) is 68.0 Å². The molecule has 6 heteroatoms. The summed E-state index contributed by atoms with van der Waals surface area (Å²) in [5.41, 5.74) is 0.355. The molecule has 1 atom stereocenters. The van der Waals surface area contributed by atoms with Gasteiger partial charge in [0.25, 0.3) is 0 Å². The van der Waals surface area contributed by atoms with Gasteiger partial charge in [-0.15, -0.1) is 0 Å². The predicted octanol–water partition coefficient (Wildman–Crippen LogP) is 0.0237. The first-order valence-corrected chi connectivity index (χ1v) is 6.20. The first-order valence-electron chi connectivity index (χ1n) is 4.21. The van der Waals surface area contributed by atoms with Crippen LogP contribution >= 0.6 is 0 Å². The Balaban J connectivity index is 2.19. The number of aromatic hydroxyl groups is 1. The summed E-state index contributed by atoms with van der Waals surface area (Å²) in [6.45, 7) is 0. The molecule has 0 aliphatic carbocycles. The summed E-state index contributed by atoms with van der Waals surface area (Å²) in [7, 11) is 0. The molecule has 1 aromatic carbocycles. The molecular weight excluding hydrogens is 257 g/mol. The van der Waals surface area contributed by atoms with E-state index in [1.165, 1.54) is 22.3 Å². The Hall–Kier alpha value is -1.61. The molecule has 1 N–H and O–H groups in total. The van der Waals surface area contributed by atoms with Crippen LogP contribution in [0.3, 0.4) is 0 Å². The minimum atomic E-state index is -1.09. The third-order valence-corrected chi connectivity index (χ3v) is 3.74. The Kier molecular flexibility index (Phi) is 2.83. The summed E-state index contributed by atoms with van der Waals surface area (Å²) in [4.78, 5) is 15.5. The molecule has 1 heterocycles. The van der Waals surface area contributed by atoms with Crippen LogP contribution in [0, 0.1) is 0 Å². The van der Waals surface area contributed by atoms with E-state index in [9.17, 15) is 9.90 Å². The van der Waals surface area contributed by atoms with Crippen LogP contribution < -0.4 is 0 Å². The van der Waals surface area contributed by atoms with Gasteiger partial charge in [0, 0.05) is 0 Å². The molecule has 1 unspecified atom stereocenters. The molecule has 0 radical (unpaired) electrons. The molecule has 0 saturated heterocycles. The molecule has 0 fully saturated rings. The molecule has 2 rings (SSSR count). The van der Waals surface area contributed by atoms with Crippen LogP contribution in [0.2, 0.25) is 0 Å². The molecule has 0 bridgehead atoms. The zero-order valence-corrected chi connectivity index (χ0v) is 9.76. The molecule has 0 amide bonds. The average Bonchev–Trinajstić information content (AvgIpc) is 2.71. The van der Waals surface area contributed by atoms with Crippen LogP contribution in [-0.4, -0.2) is 39.3 Å². The van der Waals surface area contributed by atoms with Crippen molar-refractivity contribution in [2.45, 2.75) is 0 Å². The number of carbonyl (C=O) groups is 1. The van der Waals surface area contributed by atoms with Crippen molar-refractivity contribution in [3.63, 3.8) is 0 Å². The van der Waals surface area contributed by atoms with Crippen LogP contribution in [-0.2, 0) is 0 Å². The predicted molar refractivity (Wildman–Crippen MR) is 55.0 cm³/mol. The molecule has 0 aliphatic heterocycles. The zero-order chi connectivity index (χ0) is 10.7. The molecule has 0 spiro atoms. The average molecular weight is 265 g/mol. The quantitative estimate of drug-likeness (QED) is 0.795. The van der Waals surface area contributed by atoms with Crippen LogP contribution in [0.25, 0.3) is 0 Å². The Bertz CT molecular complexity index is 470. The first kappa shape index (κ1) is 9.93. The van der Waals surface area contributed by atoms with Gasteiger partial charge in [0.1, 0.15) is 0 Å². The molecule has 0 saturated carbocycles.